The molecule has 0 spiro atoms. The van der Waals surface area contributed by atoms with Crippen LogP contribution in [-0.4, -0.2) is 25.8 Å². The van der Waals surface area contributed by atoms with Gasteiger partial charge in [-0.2, -0.15) is 0 Å². The molecule has 4 heteroatoms. The monoisotopic (exact) mass is 222 g/mol. The Morgan fingerprint density at radius 2 is 2.06 bits per heavy atom. The van der Waals surface area contributed by atoms with Crippen molar-refractivity contribution in [1.29, 1.82) is 0 Å². The van der Waals surface area contributed by atoms with Gasteiger partial charge >= 0.3 is 6.09 Å². The second kappa shape index (κ2) is 6.12. The van der Waals surface area contributed by atoms with Crippen molar-refractivity contribution in [3.05, 3.63) is 35.4 Å². The minimum absolute atomic E-state index is 0.167. The maximum absolute atomic E-state index is 10.8. The van der Waals surface area contributed by atoms with Crippen molar-refractivity contribution in [3.63, 3.8) is 0 Å². The molecule has 1 amide bonds. The normalized spacial score (nSPS) is 11.9. The summed E-state index contributed by atoms with van der Waals surface area (Å²) in [5.74, 6) is 0. The van der Waals surface area contributed by atoms with E-state index in [1.165, 1.54) is 12.6 Å². The summed E-state index contributed by atoms with van der Waals surface area (Å²) >= 11 is 0. The Hall–Kier alpha value is -1.55. The van der Waals surface area contributed by atoms with E-state index in [9.17, 15) is 4.79 Å². The highest BCUT2D eigenvalue weighted by Crippen LogP contribution is 2.05. The van der Waals surface area contributed by atoms with Crippen molar-refractivity contribution in [2.45, 2.75) is 19.4 Å². The van der Waals surface area contributed by atoms with E-state index in [0.717, 1.165) is 5.56 Å². The molecule has 0 bridgehead atoms. The predicted octanol–water partition coefficient (Wildman–Crippen LogP) is 1.22. The maximum Gasteiger partial charge on any atom is 0.406 e. The molecule has 0 unspecified atom stereocenters. The summed E-state index contributed by atoms with van der Waals surface area (Å²) in [7, 11) is 1.52. The van der Waals surface area contributed by atoms with Gasteiger partial charge in [0, 0.05) is 13.1 Å². The summed E-state index contributed by atoms with van der Waals surface area (Å²) in [4.78, 5) is 10.8. The van der Waals surface area contributed by atoms with E-state index >= 15 is 0 Å². The number of aryl methyl sites for hydroxylation is 1. The average molecular weight is 222 g/mol. The van der Waals surface area contributed by atoms with E-state index in [1.54, 1.807) is 0 Å². The lowest BCUT2D eigenvalue weighted by Gasteiger charge is -2.12. The third-order valence-electron chi connectivity index (χ3n) is 2.25. The third-order valence-corrected chi connectivity index (χ3v) is 2.25. The summed E-state index contributed by atoms with van der Waals surface area (Å²) in [5.41, 5.74) is 8.21. The van der Waals surface area contributed by atoms with Gasteiger partial charge in [0.1, 0.15) is 6.61 Å². The lowest BCUT2D eigenvalue weighted by atomic mass is 10.1. The van der Waals surface area contributed by atoms with Gasteiger partial charge in [-0.05, 0) is 18.9 Å². The quantitative estimate of drug-likeness (QED) is 0.805. The molecule has 0 aromatic heterocycles. The zero-order chi connectivity index (χ0) is 12.0. The Morgan fingerprint density at radius 1 is 1.44 bits per heavy atom. The van der Waals surface area contributed by atoms with Gasteiger partial charge in [-0.1, -0.05) is 29.8 Å². The minimum Gasteiger partial charge on any atom is -0.448 e. The smallest absolute Gasteiger partial charge is 0.406 e. The molecule has 88 valence electrons. The van der Waals surface area contributed by atoms with Crippen molar-refractivity contribution < 1.29 is 9.53 Å². The minimum atomic E-state index is -0.445. The molecule has 0 radical (unpaired) electrons. The predicted molar refractivity (Wildman–Crippen MR) is 63.3 cm³/mol. The highest BCUT2D eigenvalue weighted by Gasteiger charge is 2.07. The number of carbonyl (C=O) groups excluding carboxylic acids is 1. The van der Waals surface area contributed by atoms with Crippen LogP contribution in [0.4, 0.5) is 4.79 Å². The van der Waals surface area contributed by atoms with Gasteiger partial charge in [0.15, 0.2) is 0 Å². The molecule has 0 saturated heterocycles. The largest absolute Gasteiger partial charge is 0.448 e. The molecule has 4 nitrogen and oxygen atoms in total. The molecule has 0 aliphatic carbocycles. The summed E-state index contributed by atoms with van der Waals surface area (Å²) < 4.78 is 4.87. The fourth-order valence-electron chi connectivity index (χ4n) is 1.34. The average Bonchev–Trinajstić information content (AvgIpc) is 2.29. The fraction of sp³-hybridized carbons (Fsp3) is 0.417. The number of nitrogens with two attached hydrogens (primary N) is 1. The van der Waals surface area contributed by atoms with Crippen molar-refractivity contribution >= 4 is 6.09 Å². The number of carbonyl (C=O) groups is 1. The molecule has 16 heavy (non-hydrogen) atoms. The lowest BCUT2D eigenvalue weighted by molar-refractivity contribution is 0.141. The number of ether oxygens (including phenoxy) is 1. The lowest BCUT2D eigenvalue weighted by Crippen LogP contribution is -2.32. The van der Waals surface area contributed by atoms with Crippen LogP contribution in [0.3, 0.4) is 0 Å². The molecule has 0 aliphatic rings. The second-order valence-corrected chi connectivity index (χ2v) is 3.80. The van der Waals surface area contributed by atoms with Crippen LogP contribution in [0.1, 0.15) is 11.1 Å². The Balaban J connectivity index is 2.36. The topological polar surface area (TPSA) is 64.3 Å². The van der Waals surface area contributed by atoms with Crippen LogP contribution < -0.4 is 11.1 Å². The summed E-state index contributed by atoms with van der Waals surface area (Å²) in [5, 5.41) is 2.37. The number of nitrogens with one attached hydrogen (secondary N) is 1. The first-order valence-corrected chi connectivity index (χ1v) is 5.27. The molecular formula is C12H18N2O2. The molecule has 0 heterocycles. The molecule has 3 N–H and O–H groups in total. The van der Waals surface area contributed by atoms with Crippen molar-refractivity contribution in [3.8, 4) is 0 Å². The van der Waals surface area contributed by atoms with Crippen LogP contribution in [0.25, 0.3) is 0 Å². The molecule has 0 aliphatic heterocycles. The zero-order valence-corrected chi connectivity index (χ0v) is 9.69. The zero-order valence-electron chi connectivity index (χ0n) is 9.69. The van der Waals surface area contributed by atoms with Gasteiger partial charge in [0.25, 0.3) is 0 Å². The van der Waals surface area contributed by atoms with Crippen molar-refractivity contribution in [2.75, 3.05) is 13.7 Å². The molecule has 1 aromatic carbocycles. The Kier molecular flexibility index (Phi) is 4.79. The number of benzene rings is 1. The third kappa shape index (κ3) is 4.31. The SMILES string of the molecule is CNC(=O)OC[C@H](N)Cc1ccc(C)cc1. The standard InChI is InChI=1S/C12H18N2O2/c1-9-3-5-10(6-4-9)7-11(13)8-16-12(15)14-2/h3-6,11H,7-8,13H2,1-2H3,(H,14,15)/t11-/m1/s1. The molecule has 1 atom stereocenters. The molecular weight excluding hydrogens is 204 g/mol. The highest BCUT2D eigenvalue weighted by molar-refractivity contribution is 5.66. The van der Waals surface area contributed by atoms with Crippen molar-refractivity contribution in [2.24, 2.45) is 5.73 Å². The van der Waals surface area contributed by atoms with Crippen LogP contribution in [0.2, 0.25) is 0 Å². The number of hydrogen-bond donors (Lipinski definition) is 2. The van der Waals surface area contributed by atoms with E-state index in [1.807, 2.05) is 31.2 Å². The van der Waals surface area contributed by atoms with E-state index in [0.29, 0.717) is 6.42 Å². The van der Waals surface area contributed by atoms with Gasteiger partial charge in [-0.25, -0.2) is 4.79 Å². The Morgan fingerprint density at radius 3 is 2.62 bits per heavy atom. The van der Waals surface area contributed by atoms with E-state index in [4.69, 9.17) is 10.5 Å². The molecule has 1 rings (SSSR count). The summed E-state index contributed by atoms with van der Waals surface area (Å²) in [6.07, 6.45) is 0.261. The van der Waals surface area contributed by atoms with Crippen LogP contribution in [0, 0.1) is 6.92 Å². The number of rotatable bonds is 4. The van der Waals surface area contributed by atoms with Gasteiger partial charge in [-0.3, -0.25) is 0 Å². The van der Waals surface area contributed by atoms with Gasteiger partial charge in [-0.15, -0.1) is 0 Å². The van der Waals surface area contributed by atoms with Crippen LogP contribution in [-0.2, 0) is 11.2 Å². The fourth-order valence-corrected chi connectivity index (χ4v) is 1.34. The maximum atomic E-state index is 10.8. The van der Waals surface area contributed by atoms with Crippen LogP contribution in [0.15, 0.2) is 24.3 Å². The van der Waals surface area contributed by atoms with Gasteiger partial charge < -0.3 is 15.8 Å². The van der Waals surface area contributed by atoms with Crippen LogP contribution >= 0.6 is 0 Å². The molecule has 1 aromatic rings. The van der Waals surface area contributed by atoms with Gasteiger partial charge in [0.05, 0.1) is 0 Å². The first-order valence-electron chi connectivity index (χ1n) is 5.27. The van der Waals surface area contributed by atoms with E-state index < -0.39 is 6.09 Å². The van der Waals surface area contributed by atoms with Crippen LogP contribution in [0.5, 0.6) is 0 Å². The van der Waals surface area contributed by atoms with E-state index in [-0.39, 0.29) is 12.6 Å². The number of amides is 1. The second-order valence-electron chi connectivity index (χ2n) is 3.80. The summed E-state index contributed by atoms with van der Waals surface area (Å²) in [6.45, 7) is 2.27. The summed E-state index contributed by atoms with van der Waals surface area (Å²) in [6, 6.07) is 7.99. The van der Waals surface area contributed by atoms with Crippen molar-refractivity contribution in [1.82, 2.24) is 5.32 Å². The molecule has 0 saturated carbocycles. The Bertz CT molecular complexity index is 335. The Labute approximate surface area is 95.8 Å². The number of hydrogen-bond acceptors (Lipinski definition) is 3. The highest BCUT2D eigenvalue weighted by atomic mass is 16.5. The van der Waals surface area contributed by atoms with Gasteiger partial charge in [0.2, 0.25) is 0 Å². The number of alkyl carbamates (subject to hydrolysis) is 1. The first kappa shape index (κ1) is 12.5. The molecule has 0 fully saturated rings. The van der Waals surface area contributed by atoms with E-state index in [2.05, 4.69) is 5.32 Å². The first-order chi connectivity index (χ1) is 7.61.